The van der Waals surface area contributed by atoms with E-state index in [9.17, 15) is 4.79 Å². The average Bonchev–Trinajstić information content (AvgIpc) is 3.08. The molecule has 6 heteroatoms. The van der Waals surface area contributed by atoms with Crippen LogP contribution >= 0.6 is 23.7 Å². The molecular formula is C14H12ClN3OS. The molecule has 1 N–H and O–H groups in total. The molecule has 1 aromatic carbocycles. The molecule has 0 unspecified atom stereocenters. The number of hydrogen-bond donors (Lipinski definition) is 1. The van der Waals surface area contributed by atoms with Crippen LogP contribution in [0.15, 0.2) is 40.1 Å². The average molecular weight is 306 g/mol. The molecule has 0 bridgehead atoms. The van der Waals surface area contributed by atoms with Gasteiger partial charge in [-0.3, -0.25) is 9.79 Å². The zero-order valence-corrected chi connectivity index (χ0v) is 12.1. The summed E-state index contributed by atoms with van der Waals surface area (Å²) in [6.07, 6.45) is 1.85. The Bertz CT molecular complexity index is 868. The molecule has 1 aliphatic rings. The summed E-state index contributed by atoms with van der Waals surface area (Å²) < 4.78 is 0.786. The van der Waals surface area contributed by atoms with Crippen molar-refractivity contribution in [1.29, 1.82) is 0 Å². The van der Waals surface area contributed by atoms with Crippen molar-refractivity contribution in [3.8, 4) is 0 Å². The Kier molecular flexibility index (Phi) is 3.23. The number of thiophene rings is 1. The molecule has 0 spiro atoms. The van der Waals surface area contributed by atoms with Crippen molar-refractivity contribution in [1.82, 2.24) is 4.98 Å². The summed E-state index contributed by atoms with van der Waals surface area (Å²) in [6.45, 7) is 1.72. The molecule has 0 amide bonds. The van der Waals surface area contributed by atoms with Gasteiger partial charge in [-0.05, 0) is 12.1 Å². The highest BCUT2D eigenvalue weighted by molar-refractivity contribution is 7.23. The molecule has 3 aromatic rings. The summed E-state index contributed by atoms with van der Waals surface area (Å²) in [7, 11) is 0. The predicted molar refractivity (Wildman–Crippen MR) is 87.9 cm³/mol. The van der Waals surface area contributed by atoms with Crippen LogP contribution in [0, 0.1) is 0 Å². The Labute approximate surface area is 125 Å². The maximum absolute atomic E-state index is 12.1. The molecule has 4 rings (SSSR count). The van der Waals surface area contributed by atoms with Gasteiger partial charge in [0.1, 0.15) is 4.70 Å². The Morgan fingerprint density at radius 1 is 1.25 bits per heavy atom. The van der Waals surface area contributed by atoms with Gasteiger partial charge in [0.15, 0.2) is 0 Å². The minimum atomic E-state index is -0.0129. The zero-order chi connectivity index (χ0) is 12.8. The van der Waals surface area contributed by atoms with Gasteiger partial charge in [0.25, 0.3) is 5.56 Å². The lowest BCUT2D eigenvalue weighted by atomic mass is 10.1. The van der Waals surface area contributed by atoms with Gasteiger partial charge in [-0.25, -0.2) is 0 Å². The third kappa shape index (κ3) is 1.90. The molecule has 0 fully saturated rings. The van der Waals surface area contributed by atoms with Crippen LogP contribution in [-0.4, -0.2) is 24.4 Å². The number of H-pyrrole nitrogens is 1. The lowest BCUT2D eigenvalue weighted by molar-refractivity contribution is 1.03. The number of anilines is 1. The molecule has 102 valence electrons. The topological polar surface area (TPSA) is 48.5 Å². The summed E-state index contributed by atoms with van der Waals surface area (Å²) in [4.78, 5) is 21.4. The molecule has 0 saturated heterocycles. The molecule has 0 atom stereocenters. The van der Waals surface area contributed by atoms with Crippen LogP contribution in [0.25, 0.3) is 21.0 Å². The van der Waals surface area contributed by atoms with Gasteiger partial charge in [-0.15, -0.1) is 23.7 Å². The third-order valence-corrected chi connectivity index (χ3v) is 4.54. The molecule has 1 aliphatic heterocycles. The Morgan fingerprint density at radius 3 is 2.90 bits per heavy atom. The number of pyridine rings is 1. The Hall–Kier alpha value is -1.85. The van der Waals surface area contributed by atoms with E-state index >= 15 is 0 Å². The van der Waals surface area contributed by atoms with E-state index in [1.165, 1.54) is 11.3 Å². The number of benzene rings is 1. The van der Waals surface area contributed by atoms with Gasteiger partial charge in [0.05, 0.1) is 17.9 Å². The normalized spacial score (nSPS) is 14.1. The van der Waals surface area contributed by atoms with Gasteiger partial charge in [0.2, 0.25) is 0 Å². The van der Waals surface area contributed by atoms with Crippen LogP contribution in [0.3, 0.4) is 0 Å². The minimum Gasteiger partial charge on any atom is -0.323 e. The SMILES string of the molecule is Cl.O=c1[nH]c2ccccc2c2cc(N3C=NCC3)sc12. The number of rotatable bonds is 1. The first-order valence-corrected chi connectivity index (χ1v) is 6.96. The van der Waals surface area contributed by atoms with Crippen molar-refractivity contribution >= 4 is 56.1 Å². The van der Waals surface area contributed by atoms with E-state index in [4.69, 9.17) is 0 Å². The molecule has 0 aliphatic carbocycles. The maximum atomic E-state index is 12.1. The largest absolute Gasteiger partial charge is 0.323 e. The van der Waals surface area contributed by atoms with Crippen LogP contribution in [0.5, 0.6) is 0 Å². The van der Waals surface area contributed by atoms with Crippen molar-refractivity contribution < 1.29 is 0 Å². The van der Waals surface area contributed by atoms with Crippen molar-refractivity contribution in [3.05, 3.63) is 40.7 Å². The number of aromatic amines is 1. The highest BCUT2D eigenvalue weighted by Crippen LogP contribution is 2.34. The van der Waals surface area contributed by atoms with Crippen LogP contribution < -0.4 is 10.5 Å². The van der Waals surface area contributed by atoms with Crippen molar-refractivity contribution in [3.63, 3.8) is 0 Å². The van der Waals surface area contributed by atoms with E-state index in [0.717, 1.165) is 39.1 Å². The van der Waals surface area contributed by atoms with Crippen LogP contribution in [0.4, 0.5) is 5.00 Å². The van der Waals surface area contributed by atoms with Crippen molar-refractivity contribution in [2.24, 2.45) is 4.99 Å². The number of nitrogens with zero attached hydrogens (tertiary/aromatic N) is 2. The highest BCUT2D eigenvalue weighted by Gasteiger charge is 2.14. The molecule has 0 saturated carbocycles. The first-order chi connectivity index (χ1) is 9.33. The number of hydrogen-bond acceptors (Lipinski definition) is 4. The lowest BCUT2D eigenvalue weighted by Gasteiger charge is -2.09. The number of halogens is 1. The van der Waals surface area contributed by atoms with E-state index in [1.54, 1.807) is 0 Å². The van der Waals surface area contributed by atoms with Crippen LogP contribution in [0.1, 0.15) is 0 Å². The fraction of sp³-hybridized carbons (Fsp3) is 0.143. The van der Waals surface area contributed by atoms with Crippen molar-refractivity contribution in [2.45, 2.75) is 0 Å². The smallest absolute Gasteiger partial charge is 0.266 e. The first-order valence-electron chi connectivity index (χ1n) is 6.14. The highest BCUT2D eigenvalue weighted by atomic mass is 35.5. The van der Waals surface area contributed by atoms with E-state index in [2.05, 4.69) is 20.9 Å². The summed E-state index contributed by atoms with van der Waals surface area (Å²) in [5.41, 5.74) is 0.875. The summed E-state index contributed by atoms with van der Waals surface area (Å²) >= 11 is 1.53. The van der Waals surface area contributed by atoms with E-state index in [-0.39, 0.29) is 18.0 Å². The summed E-state index contributed by atoms with van der Waals surface area (Å²) in [6, 6.07) is 10.0. The zero-order valence-electron chi connectivity index (χ0n) is 10.5. The number of fused-ring (bicyclic) bond motifs is 3. The van der Waals surface area contributed by atoms with Gasteiger partial charge >= 0.3 is 0 Å². The number of aromatic nitrogens is 1. The molecule has 2 aromatic heterocycles. The second-order valence-electron chi connectivity index (χ2n) is 4.54. The second kappa shape index (κ2) is 4.92. The maximum Gasteiger partial charge on any atom is 0.266 e. The molecular weight excluding hydrogens is 294 g/mol. The van der Waals surface area contributed by atoms with Gasteiger partial charge < -0.3 is 9.88 Å². The number of para-hydroxylation sites is 1. The quantitative estimate of drug-likeness (QED) is 0.751. The molecule has 20 heavy (non-hydrogen) atoms. The number of nitrogens with one attached hydrogen (secondary N) is 1. The van der Waals surface area contributed by atoms with Gasteiger partial charge in [-0.2, -0.15) is 0 Å². The molecule has 4 nitrogen and oxygen atoms in total. The minimum absolute atomic E-state index is 0. The van der Waals surface area contributed by atoms with Gasteiger partial charge in [0, 0.05) is 22.8 Å². The summed E-state index contributed by atoms with van der Waals surface area (Å²) in [5, 5.41) is 3.20. The summed E-state index contributed by atoms with van der Waals surface area (Å²) in [5.74, 6) is 0. The molecule has 0 radical (unpaired) electrons. The van der Waals surface area contributed by atoms with Crippen LogP contribution in [0.2, 0.25) is 0 Å². The van der Waals surface area contributed by atoms with Crippen molar-refractivity contribution in [2.75, 3.05) is 18.0 Å². The Balaban J connectivity index is 0.00000121. The van der Waals surface area contributed by atoms with E-state index in [0.29, 0.717) is 0 Å². The standard InChI is InChI=1S/C14H11N3OS.ClH/c18-14-13-10(9-3-1-2-4-11(9)16-14)7-12(19-13)17-6-5-15-8-17;/h1-4,7-8H,5-6H2,(H,16,18);1H. The fourth-order valence-electron chi connectivity index (χ4n) is 2.44. The van der Waals surface area contributed by atoms with Gasteiger partial charge in [-0.1, -0.05) is 18.2 Å². The van der Waals surface area contributed by atoms with E-state index < -0.39 is 0 Å². The second-order valence-corrected chi connectivity index (χ2v) is 5.57. The monoisotopic (exact) mass is 305 g/mol. The molecule has 3 heterocycles. The fourth-order valence-corrected chi connectivity index (χ4v) is 3.51. The van der Waals surface area contributed by atoms with E-state index in [1.807, 2.05) is 30.6 Å². The van der Waals surface area contributed by atoms with Crippen LogP contribution in [-0.2, 0) is 0 Å². The third-order valence-electron chi connectivity index (χ3n) is 3.36. The predicted octanol–water partition coefficient (Wildman–Crippen LogP) is 3.01. The first kappa shape index (κ1) is 13.1. The Morgan fingerprint density at radius 2 is 2.10 bits per heavy atom. The number of aliphatic imine (C=N–C) groups is 1. The lowest BCUT2D eigenvalue weighted by Crippen LogP contribution is -2.16.